The van der Waals surface area contributed by atoms with Gasteiger partial charge in [0.15, 0.2) is 0 Å². The maximum atomic E-state index is 11.6. The third-order valence-corrected chi connectivity index (χ3v) is 3.34. The number of ether oxygens (including phenoxy) is 2. The summed E-state index contributed by atoms with van der Waals surface area (Å²) in [7, 11) is 0. The second-order valence-electron chi connectivity index (χ2n) is 6.57. The summed E-state index contributed by atoms with van der Waals surface area (Å²) >= 11 is 0. The van der Waals surface area contributed by atoms with Gasteiger partial charge >= 0.3 is 6.09 Å². The summed E-state index contributed by atoms with van der Waals surface area (Å²) in [5, 5.41) is 11.9. The Morgan fingerprint density at radius 3 is 2.50 bits per heavy atom. The lowest BCUT2D eigenvalue weighted by Crippen LogP contribution is -2.43. The lowest BCUT2D eigenvalue weighted by Gasteiger charge is -2.24. The zero-order chi connectivity index (χ0) is 15.0. The van der Waals surface area contributed by atoms with Crippen molar-refractivity contribution in [1.82, 2.24) is 5.32 Å². The number of alkyl carbamates (subject to hydrolysis) is 1. The molecule has 20 heavy (non-hydrogen) atoms. The van der Waals surface area contributed by atoms with Crippen LogP contribution in [0.1, 0.15) is 52.9 Å². The van der Waals surface area contributed by atoms with Crippen LogP contribution in [-0.4, -0.2) is 42.7 Å². The van der Waals surface area contributed by atoms with Gasteiger partial charge < -0.3 is 19.9 Å². The molecule has 0 aromatic carbocycles. The molecule has 118 valence electrons. The van der Waals surface area contributed by atoms with Crippen LogP contribution in [0.15, 0.2) is 0 Å². The predicted molar refractivity (Wildman–Crippen MR) is 77.6 cm³/mol. The second-order valence-corrected chi connectivity index (χ2v) is 6.57. The summed E-state index contributed by atoms with van der Waals surface area (Å²) in [5.74, 6) is 0.629. The molecule has 1 aliphatic carbocycles. The summed E-state index contributed by atoms with van der Waals surface area (Å²) in [6.07, 6.45) is 5.84. The topological polar surface area (TPSA) is 67.8 Å². The van der Waals surface area contributed by atoms with Crippen molar-refractivity contribution in [2.24, 2.45) is 5.92 Å². The molecule has 1 fully saturated rings. The van der Waals surface area contributed by atoms with Crippen LogP contribution in [0.25, 0.3) is 0 Å². The van der Waals surface area contributed by atoms with E-state index in [4.69, 9.17) is 9.47 Å². The molecule has 0 radical (unpaired) electrons. The number of nitrogens with one attached hydrogen (secondary N) is 1. The zero-order valence-electron chi connectivity index (χ0n) is 13.0. The van der Waals surface area contributed by atoms with Gasteiger partial charge in [-0.15, -0.1) is 0 Å². The van der Waals surface area contributed by atoms with Gasteiger partial charge in [-0.2, -0.15) is 0 Å². The van der Waals surface area contributed by atoms with E-state index < -0.39 is 17.7 Å². The molecule has 1 rings (SSSR count). The molecule has 1 atom stereocenters. The largest absolute Gasteiger partial charge is 0.444 e. The first-order chi connectivity index (χ1) is 9.40. The maximum Gasteiger partial charge on any atom is 0.408 e. The van der Waals surface area contributed by atoms with Crippen molar-refractivity contribution in [2.75, 3.05) is 19.8 Å². The molecular formula is C15H29NO4. The third-order valence-electron chi connectivity index (χ3n) is 3.34. The monoisotopic (exact) mass is 287 g/mol. The van der Waals surface area contributed by atoms with E-state index in [-0.39, 0.29) is 6.61 Å². The third kappa shape index (κ3) is 7.70. The van der Waals surface area contributed by atoms with E-state index in [1.54, 1.807) is 20.8 Å². The van der Waals surface area contributed by atoms with Gasteiger partial charge in [0, 0.05) is 6.61 Å². The molecule has 0 aliphatic heterocycles. The van der Waals surface area contributed by atoms with Crippen LogP contribution in [0.2, 0.25) is 0 Å². The fraction of sp³-hybridized carbons (Fsp3) is 0.933. The van der Waals surface area contributed by atoms with E-state index in [1.807, 2.05) is 0 Å². The number of hydrogen-bond donors (Lipinski definition) is 2. The molecule has 0 saturated heterocycles. The Morgan fingerprint density at radius 1 is 1.30 bits per heavy atom. The molecule has 0 bridgehead atoms. The summed E-state index contributed by atoms with van der Waals surface area (Å²) in [6, 6.07) is -0.409. The average Bonchev–Trinajstić information content (AvgIpc) is 2.36. The Bertz CT molecular complexity index is 282. The standard InChI is InChI=1S/C15H29NO4/c1-15(2,3)20-14(18)16-13(9-17)11-19-10-12-7-5-4-6-8-12/h12-13,17H,4-11H2,1-3H3,(H,16,18)/t13-/m0/s1. The van der Waals surface area contributed by atoms with Crippen molar-refractivity contribution >= 4 is 6.09 Å². The van der Waals surface area contributed by atoms with Gasteiger partial charge in [-0.1, -0.05) is 19.3 Å². The first kappa shape index (κ1) is 17.2. The molecule has 2 N–H and O–H groups in total. The highest BCUT2D eigenvalue weighted by atomic mass is 16.6. The van der Waals surface area contributed by atoms with Crippen molar-refractivity contribution < 1.29 is 19.4 Å². The Kier molecular flexibility index (Phi) is 7.30. The Morgan fingerprint density at radius 2 is 1.95 bits per heavy atom. The summed E-state index contributed by atoms with van der Waals surface area (Å²) in [6.45, 7) is 6.31. The van der Waals surface area contributed by atoms with E-state index >= 15 is 0 Å². The molecule has 5 heteroatoms. The molecule has 1 amide bonds. The van der Waals surface area contributed by atoms with Crippen molar-refractivity contribution in [3.63, 3.8) is 0 Å². The smallest absolute Gasteiger partial charge is 0.408 e. The molecule has 1 saturated carbocycles. The van der Waals surface area contributed by atoms with Crippen LogP contribution in [-0.2, 0) is 9.47 Å². The minimum absolute atomic E-state index is 0.149. The molecular weight excluding hydrogens is 258 g/mol. The van der Waals surface area contributed by atoms with Crippen LogP contribution in [0.4, 0.5) is 4.79 Å². The maximum absolute atomic E-state index is 11.6. The summed E-state index contributed by atoms with van der Waals surface area (Å²) < 4.78 is 10.8. The predicted octanol–water partition coefficient (Wildman–Crippen LogP) is 2.47. The van der Waals surface area contributed by atoms with Crippen molar-refractivity contribution in [3.8, 4) is 0 Å². The Balaban J connectivity index is 2.19. The number of carbonyl (C=O) groups excluding carboxylic acids is 1. The summed E-state index contributed by atoms with van der Waals surface area (Å²) in [4.78, 5) is 11.6. The van der Waals surface area contributed by atoms with Crippen LogP contribution in [0.3, 0.4) is 0 Å². The van der Waals surface area contributed by atoms with E-state index in [2.05, 4.69) is 5.32 Å². The van der Waals surface area contributed by atoms with E-state index in [1.165, 1.54) is 32.1 Å². The second kappa shape index (κ2) is 8.47. The summed E-state index contributed by atoms with van der Waals surface area (Å²) in [5.41, 5.74) is -0.535. The highest BCUT2D eigenvalue weighted by Gasteiger charge is 2.20. The number of aliphatic hydroxyl groups is 1. The van der Waals surface area contributed by atoms with Crippen LogP contribution < -0.4 is 5.32 Å². The van der Waals surface area contributed by atoms with Gasteiger partial charge in [0.05, 0.1) is 19.3 Å². The van der Waals surface area contributed by atoms with E-state index in [0.29, 0.717) is 19.1 Å². The molecule has 1 aliphatic rings. The number of rotatable bonds is 6. The molecule has 5 nitrogen and oxygen atoms in total. The van der Waals surface area contributed by atoms with Gasteiger partial charge in [-0.25, -0.2) is 4.79 Å². The minimum Gasteiger partial charge on any atom is -0.444 e. The lowest BCUT2D eigenvalue weighted by atomic mass is 9.90. The molecule has 0 unspecified atom stereocenters. The van der Waals surface area contributed by atoms with Crippen molar-refractivity contribution in [3.05, 3.63) is 0 Å². The van der Waals surface area contributed by atoms with Crippen LogP contribution in [0, 0.1) is 5.92 Å². The van der Waals surface area contributed by atoms with Crippen molar-refractivity contribution in [2.45, 2.75) is 64.5 Å². The normalized spacial score (nSPS) is 18.6. The average molecular weight is 287 g/mol. The number of amides is 1. The SMILES string of the molecule is CC(C)(C)OC(=O)N[C@@H](CO)COCC1CCCCC1. The minimum atomic E-state index is -0.535. The van der Waals surface area contributed by atoms with Crippen LogP contribution in [0.5, 0.6) is 0 Å². The molecule has 0 aromatic rings. The highest BCUT2D eigenvalue weighted by molar-refractivity contribution is 5.68. The molecule has 0 spiro atoms. The first-order valence-electron chi connectivity index (χ1n) is 7.59. The number of hydrogen-bond acceptors (Lipinski definition) is 4. The van der Waals surface area contributed by atoms with Crippen molar-refractivity contribution in [1.29, 1.82) is 0 Å². The Labute approximate surface area is 122 Å². The van der Waals surface area contributed by atoms with Crippen LogP contribution >= 0.6 is 0 Å². The number of carbonyl (C=O) groups is 1. The van der Waals surface area contributed by atoms with Gasteiger partial charge in [-0.3, -0.25) is 0 Å². The molecule has 0 aromatic heterocycles. The molecule has 0 heterocycles. The fourth-order valence-electron chi connectivity index (χ4n) is 2.35. The Hall–Kier alpha value is -0.810. The fourth-order valence-corrected chi connectivity index (χ4v) is 2.35. The van der Waals surface area contributed by atoms with Gasteiger partial charge in [0.2, 0.25) is 0 Å². The van der Waals surface area contributed by atoms with Gasteiger partial charge in [-0.05, 0) is 39.5 Å². The lowest BCUT2D eigenvalue weighted by molar-refractivity contribution is 0.0315. The number of aliphatic hydroxyl groups excluding tert-OH is 1. The zero-order valence-corrected chi connectivity index (χ0v) is 13.0. The van der Waals surface area contributed by atoms with E-state index in [0.717, 1.165) is 0 Å². The first-order valence-corrected chi connectivity index (χ1v) is 7.59. The quantitative estimate of drug-likeness (QED) is 0.787. The van der Waals surface area contributed by atoms with Gasteiger partial charge in [0.25, 0.3) is 0 Å². The van der Waals surface area contributed by atoms with E-state index in [9.17, 15) is 9.90 Å². The van der Waals surface area contributed by atoms with Gasteiger partial charge in [0.1, 0.15) is 5.60 Å². The highest BCUT2D eigenvalue weighted by Crippen LogP contribution is 2.23.